The second-order valence-electron chi connectivity index (χ2n) is 6.60. The zero-order valence-electron chi connectivity index (χ0n) is 15.7. The normalized spacial score (nSPS) is 16.2. The van der Waals surface area contributed by atoms with Gasteiger partial charge in [0.05, 0.1) is 6.54 Å². The molecule has 2 rings (SSSR count). The topological polar surface area (TPSA) is 39.7 Å². The molecule has 0 aliphatic carbocycles. The Balaban J connectivity index is 0.00000338. The number of guanidine groups is 1. The molecule has 1 heterocycles. The lowest BCUT2D eigenvalue weighted by molar-refractivity contribution is 0.185. The number of piperidine rings is 1. The van der Waals surface area contributed by atoms with E-state index in [9.17, 15) is 8.78 Å². The van der Waals surface area contributed by atoms with Gasteiger partial charge in [-0.3, -0.25) is 0 Å². The van der Waals surface area contributed by atoms with Gasteiger partial charge < -0.3 is 15.5 Å². The molecular formula is C19H31F2IN4. The number of aliphatic imine (C=N–C) groups is 1. The first-order valence-electron chi connectivity index (χ1n) is 9.30. The highest BCUT2D eigenvalue weighted by atomic mass is 127. The summed E-state index contributed by atoms with van der Waals surface area (Å²) in [5, 5.41) is 6.51. The highest BCUT2D eigenvalue weighted by Gasteiger charge is 2.18. The number of halogens is 3. The minimum absolute atomic E-state index is 0. The van der Waals surface area contributed by atoms with Crippen molar-refractivity contribution in [3.05, 3.63) is 35.4 Å². The first-order chi connectivity index (χ1) is 12.1. The summed E-state index contributed by atoms with van der Waals surface area (Å²) in [5.74, 6) is 0.415. The van der Waals surface area contributed by atoms with Crippen molar-refractivity contribution in [2.24, 2.45) is 10.9 Å². The minimum atomic E-state index is -0.441. The summed E-state index contributed by atoms with van der Waals surface area (Å²) < 4.78 is 26.9. The van der Waals surface area contributed by atoms with Crippen molar-refractivity contribution in [3.8, 4) is 0 Å². The zero-order valence-corrected chi connectivity index (χ0v) is 18.1. The maximum Gasteiger partial charge on any atom is 0.191 e. The molecule has 2 N–H and O–H groups in total. The molecule has 26 heavy (non-hydrogen) atoms. The zero-order chi connectivity index (χ0) is 18.1. The van der Waals surface area contributed by atoms with Gasteiger partial charge in [0.25, 0.3) is 0 Å². The van der Waals surface area contributed by atoms with Crippen LogP contribution in [-0.4, -0.2) is 43.6 Å². The number of nitrogens with zero attached hydrogens (tertiary/aromatic N) is 2. The standard InChI is InChI=1S/C19H30F2N4.HI/c1-3-9-25-10-7-15(8-11-25)13-23-19(22-4-2)24-14-16-12-17(20)5-6-18(16)21;/h5-6,12,15H,3-4,7-11,13-14H2,1-2H3,(H2,22,23,24);1H. The maximum atomic E-state index is 13.7. The SMILES string of the molecule is CCCN1CCC(CNC(=NCc2cc(F)ccc2F)NCC)CC1.I. The third kappa shape index (κ3) is 7.73. The second-order valence-corrected chi connectivity index (χ2v) is 6.60. The van der Waals surface area contributed by atoms with Crippen LogP contribution in [0.4, 0.5) is 8.78 Å². The maximum absolute atomic E-state index is 13.7. The van der Waals surface area contributed by atoms with Gasteiger partial charge in [0.15, 0.2) is 5.96 Å². The van der Waals surface area contributed by atoms with Crippen molar-refractivity contribution in [2.75, 3.05) is 32.7 Å². The first-order valence-corrected chi connectivity index (χ1v) is 9.30. The van der Waals surface area contributed by atoms with Crippen LogP contribution in [-0.2, 0) is 6.54 Å². The predicted octanol–water partition coefficient (Wildman–Crippen LogP) is 3.76. The van der Waals surface area contributed by atoms with Gasteiger partial charge >= 0.3 is 0 Å². The molecule has 0 aromatic heterocycles. The van der Waals surface area contributed by atoms with E-state index in [0.717, 1.165) is 38.3 Å². The fraction of sp³-hybridized carbons (Fsp3) is 0.632. The van der Waals surface area contributed by atoms with Crippen LogP contribution in [0.1, 0.15) is 38.7 Å². The Labute approximate surface area is 172 Å². The predicted molar refractivity (Wildman–Crippen MR) is 114 cm³/mol. The Hall–Kier alpha value is -0.960. The Morgan fingerprint density at radius 3 is 2.58 bits per heavy atom. The van der Waals surface area contributed by atoms with Crippen LogP contribution >= 0.6 is 24.0 Å². The van der Waals surface area contributed by atoms with Crippen molar-refractivity contribution in [3.63, 3.8) is 0 Å². The molecule has 1 fully saturated rings. The highest BCUT2D eigenvalue weighted by molar-refractivity contribution is 14.0. The monoisotopic (exact) mass is 480 g/mol. The van der Waals surface area contributed by atoms with Gasteiger partial charge in [-0.2, -0.15) is 0 Å². The molecule has 148 valence electrons. The van der Waals surface area contributed by atoms with Crippen LogP contribution in [0.5, 0.6) is 0 Å². The van der Waals surface area contributed by atoms with Gasteiger partial charge in [0, 0.05) is 18.7 Å². The number of hydrogen-bond acceptors (Lipinski definition) is 2. The number of hydrogen-bond donors (Lipinski definition) is 2. The van der Waals surface area contributed by atoms with E-state index in [1.807, 2.05) is 6.92 Å². The molecule has 1 aromatic rings. The summed E-state index contributed by atoms with van der Waals surface area (Å²) in [7, 11) is 0. The summed E-state index contributed by atoms with van der Waals surface area (Å²) in [6.07, 6.45) is 3.58. The number of nitrogens with one attached hydrogen (secondary N) is 2. The Morgan fingerprint density at radius 1 is 1.19 bits per heavy atom. The third-order valence-electron chi connectivity index (χ3n) is 4.56. The molecule has 0 radical (unpaired) electrons. The molecule has 1 aliphatic rings. The summed E-state index contributed by atoms with van der Waals surface area (Å²) >= 11 is 0. The summed E-state index contributed by atoms with van der Waals surface area (Å²) in [6.45, 7) is 9.41. The molecule has 0 atom stereocenters. The van der Waals surface area contributed by atoms with Gasteiger partial charge in [0.2, 0.25) is 0 Å². The van der Waals surface area contributed by atoms with E-state index in [0.29, 0.717) is 11.9 Å². The van der Waals surface area contributed by atoms with Crippen molar-refractivity contribution in [1.29, 1.82) is 0 Å². The summed E-state index contributed by atoms with van der Waals surface area (Å²) in [6, 6.07) is 3.47. The van der Waals surface area contributed by atoms with Gasteiger partial charge in [-0.25, -0.2) is 13.8 Å². The third-order valence-corrected chi connectivity index (χ3v) is 4.56. The van der Waals surface area contributed by atoms with Crippen molar-refractivity contribution in [1.82, 2.24) is 15.5 Å². The average molecular weight is 480 g/mol. The fourth-order valence-electron chi connectivity index (χ4n) is 3.14. The number of rotatable bonds is 7. The first kappa shape index (κ1) is 23.1. The Kier molecular flexibility index (Phi) is 11.0. The van der Waals surface area contributed by atoms with Crippen LogP contribution in [0.3, 0.4) is 0 Å². The Bertz CT molecular complexity index is 560. The van der Waals surface area contributed by atoms with Crippen molar-refractivity contribution >= 4 is 29.9 Å². The van der Waals surface area contributed by atoms with E-state index in [2.05, 4.69) is 27.4 Å². The number of likely N-dealkylation sites (tertiary alicyclic amines) is 1. The molecule has 7 heteroatoms. The van der Waals surface area contributed by atoms with Crippen LogP contribution in [0.15, 0.2) is 23.2 Å². The molecule has 1 saturated heterocycles. The molecular weight excluding hydrogens is 449 g/mol. The van der Waals surface area contributed by atoms with Crippen LogP contribution in [0.2, 0.25) is 0 Å². The van der Waals surface area contributed by atoms with E-state index >= 15 is 0 Å². The van der Waals surface area contributed by atoms with Crippen molar-refractivity contribution < 1.29 is 8.78 Å². The van der Waals surface area contributed by atoms with Crippen molar-refractivity contribution in [2.45, 2.75) is 39.7 Å². The lowest BCUT2D eigenvalue weighted by Gasteiger charge is -2.32. The molecule has 0 saturated carbocycles. The average Bonchev–Trinajstić information content (AvgIpc) is 2.61. The van der Waals surface area contributed by atoms with E-state index in [1.165, 1.54) is 31.9 Å². The molecule has 0 spiro atoms. The van der Waals surface area contributed by atoms with Gasteiger partial charge in [0.1, 0.15) is 11.6 Å². The summed E-state index contributed by atoms with van der Waals surface area (Å²) in [5.41, 5.74) is 0.269. The molecule has 1 aliphatic heterocycles. The lowest BCUT2D eigenvalue weighted by Crippen LogP contribution is -2.43. The van der Waals surface area contributed by atoms with E-state index in [4.69, 9.17) is 0 Å². The van der Waals surface area contributed by atoms with Gasteiger partial charge in [-0.15, -0.1) is 24.0 Å². The molecule has 0 unspecified atom stereocenters. The largest absolute Gasteiger partial charge is 0.357 e. The second kappa shape index (κ2) is 12.4. The fourth-order valence-corrected chi connectivity index (χ4v) is 3.14. The molecule has 4 nitrogen and oxygen atoms in total. The molecule has 1 aromatic carbocycles. The van der Waals surface area contributed by atoms with Crippen LogP contribution in [0.25, 0.3) is 0 Å². The molecule has 0 bridgehead atoms. The lowest BCUT2D eigenvalue weighted by atomic mass is 9.97. The quantitative estimate of drug-likeness (QED) is 0.355. The van der Waals surface area contributed by atoms with Crippen LogP contribution in [0, 0.1) is 17.6 Å². The molecule has 0 amide bonds. The number of benzene rings is 1. The summed E-state index contributed by atoms with van der Waals surface area (Å²) in [4.78, 5) is 6.91. The van der Waals surface area contributed by atoms with Crippen LogP contribution < -0.4 is 10.6 Å². The minimum Gasteiger partial charge on any atom is -0.357 e. The van der Waals surface area contributed by atoms with E-state index in [-0.39, 0.29) is 36.1 Å². The highest BCUT2D eigenvalue weighted by Crippen LogP contribution is 2.16. The van der Waals surface area contributed by atoms with E-state index < -0.39 is 11.6 Å². The van der Waals surface area contributed by atoms with Gasteiger partial charge in [-0.05, 0) is 69.9 Å². The van der Waals surface area contributed by atoms with Gasteiger partial charge in [-0.1, -0.05) is 6.92 Å². The van der Waals surface area contributed by atoms with E-state index in [1.54, 1.807) is 0 Å². The Morgan fingerprint density at radius 2 is 1.92 bits per heavy atom. The smallest absolute Gasteiger partial charge is 0.191 e.